The summed E-state index contributed by atoms with van der Waals surface area (Å²) in [6.07, 6.45) is 2.96. The summed E-state index contributed by atoms with van der Waals surface area (Å²) >= 11 is 0. The van der Waals surface area contributed by atoms with Crippen LogP contribution in [0.2, 0.25) is 0 Å². The van der Waals surface area contributed by atoms with E-state index in [1.54, 1.807) is 23.1 Å². The molecular weight excluding hydrogens is 344 g/mol. The number of ether oxygens (including phenoxy) is 2. The molecule has 1 amide bonds. The van der Waals surface area contributed by atoms with Gasteiger partial charge in [0.2, 0.25) is 15.9 Å². The number of anilines is 1. The lowest BCUT2D eigenvalue weighted by Crippen LogP contribution is -2.45. The van der Waals surface area contributed by atoms with E-state index in [0.29, 0.717) is 36.2 Å². The average Bonchev–Trinajstić information content (AvgIpc) is 2.58. The molecule has 2 rings (SSSR count). The van der Waals surface area contributed by atoms with Gasteiger partial charge in [-0.25, -0.2) is 8.42 Å². The van der Waals surface area contributed by atoms with Crippen LogP contribution in [-0.4, -0.2) is 59.3 Å². The molecule has 1 aromatic carbocycles. The van der Waals surface area contributed by atoms with E-state index in [-0.39, 0.29) is 12.5 Å². The maximum absolute atomic E-state index is 12.6. The number of carbonyl (C=O) groups excluding carboxylic acids is 1. The standard InChI is InChI=1S/C17H26N2O5S/c1-13-7-9-18(10-8-13)17(20)12-19(25(4,21)22)15-11-14(23-2)5-6-16(15)24-3/h5-6,11,13H,7-10,12H2,1-4H3. The predicted octanol–water partition coefficient (Wildman–Crippen LogP) is 1.73. The van der Waals surface area contributed by atoms with Crippen LogP contribution >= 0.6 is 0 Å². The third kappa shape index (κ3) is 4.78. The summed E-state index contributed by atoms with van der Waals surface area (Å²) in [5.41, 5.74) is 0.295. The molecule has 1 fully saturated rings. The van der Waals surface area contributed by atoms with Gasteiger partial charge in [0.25, 0.3) is 0 Å². The molecule has 140 valence electrons. The van der Waals surface area contributed by atoms with Gasteiger partial charge in [-0.05, 0) is 30.9 Å². The second-order valence-electron chi connectivity index (χ2n) is 6.37. The van der Waals surface area contributed by atoms with E-state index >= 15 is 0 Å². The molecule has 1 aliphatic rings. The van der Waals surface area contributed by atoms with Crippen LogP contribution in [0.3, 0.4) is 0 Å². The van der Waals surface area contributed by atoms with Gasteiger partial charge in [0.15, 0.2) is 0 Å². The van der Waals surface area contributed by atoms with E-state index in [4.69, 9.17) is 9.47 Å². The molecule has 1 aliphatic heterocycles. The fourth-order valence-electron chi connectivity index (χ4n) is 2.85. The zero-order valence-corrected chi connectivity index (χ0v) is 16.0. The predicted molar refractivity (Wildman–Crippen MR) is 96.7 cm³/mol. The minimum Gasteiger partial charge on any atom is -0.497 e. The molecule has 0 bridgehead atoms. The van der Waals surface area contributed by atoms with Crippen LogP contribution in [0.4, 0.5) is 5.69 Å². The van der Waals surface area contributed by atoms with E-state index in [0.717, 1.165) is 23.4 Å². The van der Waals surface area contributed by atoms with Crippen molar-refractivity contribution in [2.45, 2.75) is 19.8 Å². The molecule has 0 spiro atoms. The summed E-state index contributed by atoms with van der Waals surface area (Å²) in [5.74, 6) is 1.24. The van der Waals surface area contributed by atoms with E-state index in [2.05, 4.69) is 6.92 Å². The van der Waals surface area contributed by atoms with Crippen molar-refractivity contribution in [3.05, 3.63) is 18.2 Å². The fraction of sp³-hybridized carbons (Fsp3) is 0.588. The molecule has 1 heterocycles. The molecule has 1 saturated heterocycles. The lowest BCUT2D eigenvalue weighted by Gasteiger charge is -2.32. The Morgan fingerprint density at radius 3 is 2.40 bits per heavy atom. The first-order chi connectivity index (χ1) is 11.8. The van der Waals surface area contributed by atoms with Gasteiger partial charge in [0.05, 0.1) is 26.2 Å². The zero-order valence-electron chi connectivity index (χ0n) is 15.2. The quantitative estimate of drug-likeness (QED) is 0.762. The lowest BCUT2D eigenvalue weighted by atomic mass is 9.99. The number of nitrogens with zero attached hydrogens (tertiary/aromatic N) is 2. The molecule has 0 aromatic heterocycles. The van der Waals surface area contributed by atoms with Gasteiger partial charge < -0.3 is 14.4 Å². The van der Waals surface area contributed by atoms with Crippen LogP contribution in [0.1, 0.15) is 19.8 Å². The minimum absolute atomic E-state index is 0.206. The topological polar surface area (TPSA) is 76.2 Å². The lowest BCUT2D eigenvalue weighted by molar-refractivity contribution is -0.130. The first-order valence-corrected chi connectivity index (χ1v) is 10.1. The Bertz CT molecular complexity index is 712. The third-order valence-electron chi connectivity index (χ3n) is 4.47. The summed E-state index contributed by atoms with van der Waals surface area (Å²) in [5, 5.41) is 0. The number of hydrogen-bond donors (Lipinski definition) is 0. The van der Waals surface area contributed by atoms with Gasteiger partial charge in [-0.1, -0.05) is 6.92 Å². The number of benzene rings is 1. The second kappa shape index (κ2) is 7.95. The van der Waals surface area contributed by atoms with Gasteiger partial charge >= 0.3 is 0 Å². The van der Waals surface area contributed by atoms with Gasteiger partial charge in [0.1, 0.15) is 18.0 Å². The van der Waals surface area contributed by atoms with Crippen LogP contribution in [0.5, 0.6) is 11.5 Å². The van der Waals surface area contributed by atoms with Crippen molar-refractivity contribution in [3.8, 4) is 11.5 Å². The fourth-order valence-corrected chi connectivity index (χ4v) is 3.70. The van der Waals surface area contributed by atoms with Gasteiger partial charge in [-0.3, -0.25) is 9.10 Å². The first kappa shape index (κ1) is 19.4. The van der Waals surface area contributed by atoms with Gasteiger partial charge in [0, 0.05) is 19.2 Å². The van der Waals surface area contributed by atoms with E-state index in [1.807, 2.05) is 0 Å². The molecule has 0 aliphatic carbocycles. The molecule has 0 atom stereocenters. The van der Waals surface area contributed by atoms with Crippen molar-refractivity contribution in [1.82, 2.24) is 4.90 Å². The Morgan fingerprint density at radius 2 is 1.88 bits per heavy atom. The number of carbonyl (C=O) groups is 1. The number of hydrogen-bond acceptors (Lipinski definition) is 5. The summed E-state index contributed by atoms with van der Waals surface area (Å²) in [4.78, 5) is 14.4. The Hall–Kier alpha value is -1.96. The molecule has 0 unspecified atom stereocenters. The molecular formula is C17H26N2O5S. The highest BCUT2D eigenvalue weighted by Crippen LogP contribution is 2.33. The maximum Gasteiger partial charge on any atom is 0.243 e. The van der Waals surface area contributed by atoms with Crippen molar-refractivity contribution < 1.29 is 22.7 Å². The average molecular weight is 370 g/mol. The molecule has 0 saturated carbocycles. The summed E-state index contributed by atoms with van der Waals surface area (Å²) in [6, 6.07) is 4.86. The Morgan fingerprint density at radius 1 is 1.24 bits per heavy atom. The molecule has 0 radical (unpaired) electrons. The number of methoxy groups -OCH3 is 2. The molecule has 25 heavy (non-hydrogen) atoms. The van der Waals surface area contributed by atoms with Crippen molar-refractivity contribution in [2.75, 3.05) is 44.4 Å². The normalized spacial score (nSPS) is 15.8. The molecule has 0 N–H and O–H groups in total. The van der Waals surface area contributed by atoms with Crippen molar-refractivity contribution in [1.29, 1.82) is 0 Å². The molecule has 8 heteroatoms. The second-order valence-corrected chi connectivity index (χ2v) is 8.28. The van der Waals surface area contributed by atoms with Gasteiger partial charge in [-0.2, -0.15) is 0 Å². The maximum atomic E-state index is 12.6. The van der Waals surface area contributed by atoms with Crippen LogP contribution in [0.25, 0.3) is 0 Å². The Balaban J connectivity index is 2.30. The van der Waals surface area contributed by atoms with E-state index < -0.39 is 10.0 Å². The number of amides is 1. The Labute approximate surface area is 149 Å². The summed E-state index contributed by atoms with van der Waals surface area (Å²) in [7, 11) is -0.715. The smallest absolute Gasteiger partial charge is 0.243 e. The van der Waals surface area contributed by atoms with E-state index in [1.165, 1.54) is 14.2 Å². The van der Waals surface area contributed by atoms with Crippen LogP contribution < -0.4 is 13.8 Å². The number of likely N-dealkylation sites (tertiary alicyclic amines) is 1. The number of piperidine rings is 1. The zero-order chi connectivity index (χ0) is 18.6. The summed E-state index contributed by atoms with van der Waals surface area (Å²) < 4.78 is 36.2. The van der Waals surface area contributed by atoms with E-state index in [9.17, 15) is 13.2 Å². The summed E-state index contributed by atoms with van der Waals surface area (Å²) in [6.45, 7) is 3.22. The minimum atomic E-state index is -3.67. The Kier molecular flexibility index (Phi) is 6.16. The number of rotatable bonds is 6. The van der Waals surface area contributed by atoms with Crippen LogP contribution in [0, 0.1) is 5.92 Å². The third-order valence-corrected chi connectivity index (χ3v) is 5.60. The van der Waals surface area contributed by atoms with Crippen molar-refractivity contribution in [3.63, 3.8) is 0 Å². The van der Waals surface area contributed by atoms with Crippen molar-refractivity contribution in [2.24, 2.45) is 5.92 Å². The van der Waals surface area contributed by atoms with Crippen LogP contribution in [-0.2, 0) is 14.8 Å². The van der Waals surface area contributed by atoms with Crippen molar-refractivity contribution >= 4 is 21.6 Å². The monoisotopic (exact) mass is 370 g/mol. The largest absolute Gasteiger partial charge is 0.497 e. The number of sulfonamides is 1. The SMILES string of the molecule is COc1ccc(OC)c(N(CC(=O)N2CCC(C)CC2)S(C)(=O)=O)c1. The highest BCUT2D eigenvalue weighted by Gasteiger charge is 2.28. The van der Waals surface area contributed by atoms with Gasteiger partial charge in [-0.15, -0.1) is 0 Å². The van der Waals surface area contributed by atoms with Crippen LogP contribution in [0.15, 0.2) is 18.2 Å². The molecule has 7 nitrogen and oxygen atoms in total. The highest BCUT2D eigenvalue weighted by atomic mass is 32.2. The highest BCUT2D eigenvalue weighted by molar-refractivity contribution is 7.92. The molecule has 1 aromatic rings. The first-order valence-electron chi connectivity index (χ1n) is 8.23.